The van der Waals surface area contributed by atoms with Crippen molar-refractivity contribution in [1.82, 2.24) is 0 Å². The summed E-state index contributed by atoms with van der Waals surface area (Å²) in [6.07, 6.45) is 1.79. The Morgan fingerprint density at radius 2 is 1.73 bits per heavy atom. The fourth-order valence-electron chi connectivity index (χ4n) is 1.83. The highest BCUT2D eigenvalue weighted by molar-refractivity contribution is 7.60. The van der Waals surface area contributed by atoms with Crippen LogP contribution in [-0.2, 0) is 4.57 Å². The van der Waals surface area contributed by atoms with Crippen LogP contribution in [-0.4, -0.2) is 9.79 Å². The van der Waals surface area contributed by atoms with Crippen molar-refractivity contribution in [3.63, 3.8) is 0 Å². The van der Waals surface area contributed by atoms with Crippen LogP contribution in [0.15, 0.2) is 24.3 Å². The van der Waals surface area contributed by atoms with Gasteiger partial charge in [0.15, 0.2) is 0 Å². The van der Waals surface area contributed by atoms with Crippen LogP contribution < -0.4 is 5.30 Å². The van der Waals surface area contributed by atoms with E-state index in [0.29, 0.717) is 0 Å². The summed E-state index contributed by atoms with van der Waals surface area (Å²) < 4.78 is 11.3. The van der Waals surface area contributed by atoms with E-state index in [1.54, 1.807) is 6.07 Å². The minimum absolute atomic E-state index is 0.179. The molecule has 0 aliphatic carbocycles. The van der Waals surface area contributed by atoms with Gasteiger partial charge in [-0.15, -0.1) is 0 Å². The predicted octanol–water partition coefficient (Wildman–Crippen LogP) is 2.39. The van der Waals surface area contributed by atoms with Gasteiger partial charge in [-0.25, -0.2) is 0 Å². The first-order valence-corrected chi connectivity index (χ1v) is 6.77. The summed E-state index contributed by atoms with van der Waals surface area (Å²) in [5.74, 6) is 0.230. The maximum Gasteiger partial charge on any atom is 0.356 e. The second-order valence-corrected chi connectivity index (χ2v) is 5.19. The van der Waals surface area contributed by atoms with Gasteiger partial charge in [0.1, 0.15) is 0 Å². The summed E-state index contributed by atoms with van der Waals surface area (Å²) in [7, 11) is -4.14. The van der Waals surface area contributed by atoms with Gasteiger partial charge in [0.2, 0.25) is 0 Å². The highest BCUT2D eigenvalue weighted by Gasteiger charge is 2.23. The van der Waals surface area contributed by atoms with E-state index in [1.165, 1.54) is 6.07 Å². The molecule has 2 N–H and O–H groups in total. The zero-order valence-electron chi connectivity index (χ0n) is 9.05. The molecule has 1 aromatic carbocycles. The Morgan fingerprint density at radius 3 is 2.20 bits per heavy atom. The standard InChI is InChI=1S/C11H17O3P/c1-3-9(4-2)10-7-5-6-8-11(10)15(12,13)14/h5-9H,3-4H2,1-2H3,(H2,12,13,14). The van der Waals surface area contributed by atoms with E-state index >= 15 is 0 Å². The van der Waals surface area contributed by atoms with Crippen molar-refractivity contribution in [3.05, 3.63) is 29.8 Å². The second-order valence-electron chi connectivity index (χ2n) is 3.62. The Labute approximate surface area is 90.3 Å². The van der Waals surface area contributed by atoms with Crippen LogP contribution in [0.1, 0.15) is 38.2 Å². The average molecular weight is 228 g/mol. The molecule has 0 radical (unpaired) electrons. The molecule has 84 valence electrons. The quantitative estimate of drug-likeness (QED) is 0.778. The highest BCUT2D eigenvalue weighted by Crippen LogP contribution is 2.37. The number of rotatable bonds is 4. The van der Waals surface area contributed by atoms with Crippen LogP contribution in [0.3, 0.4) is 0 Å². The van der Waals surface area contributed by atoms with E-state index in [0.717, 1.165) is 18.4 Å². The smallest absolute Gasteiger partial charge is 0.321 e. The molecule has 0 amide bonds. The van der Waals surface area contributed by atoms with Crippen molar-refractivity contribution in [1.29, 1.82) is 0 Å². The van der Waals surface area contributed by atoms with Crippen LogP contribution in [0.25, 0.3) is 0 Å². The lowest BCUT2D eigenvalue weighted by Crippen LogP contribution is -2.13. The lowest BCUT2D eigenvalue weighted by atomic mass is 9.94. The molecule has 15 heavy (non-hydrogen) atoms. The molecule has 3 nitrogen and oxygen atoms in total. The third kappa shape index (κ3) is 2.91. The molecule has 0 fully saturated rings. The largest absolute Gasteiger partial charge is 0.356 e. The molecule has 0 aromatic heterocycles. The first-order valence-electron chi connectivity index (χ1n) is 5.15. The summed E-state index contributed by atoms with van der Waals surface area (Å²) in [6.45, 7) is 4.06. The monoisotopic (exact) mass is 228 g/mol. The normalized spacial score (nSPS) is 12.1. The first-order chi connectivity index (χ1) is 7.00. The molecule has 1 rings (SSSR count). The Bertz CT molecular complexity index is 366. The molecule has 0 spiro atoms. The molecular weight excluding hydrogens is 211 g/mol. The van der Waals surface area contributed by atoms with E-state index in [-0.39, 0.29) is 11.2 Å². The summed E-state index contributed by atoms with van der Waals surface area (Å²) in [4.78, 5) is 18.4. The van der Waals surface area contributed by atoms with Crippen molar-refractivity contribution in [2.45, 2.75) is 32.6 Å². The summed E-state index contributed by atoms with van der Waals surface area (Å²) >= 11 is 0. The van der Waals surface area contributed by atoms with Crippen LogP contribution >= 0.6 is 7.60 Å². The third-order valence-corrected chi connectivity index (χ3v) is 3.71. The van der Waals surface area contributed by atoms with Gasteiger partial charge in [-0.05, 0) is 30.4 Å². The molecule has 0 atom stereocenters. The van der Waals surface area contributed by atoms with E-state index < -0.39 is 7.60 Å². The van der Waals surface area contributed by atoms with Gasteiger partial charge < -0.3 is 9.79 Å². The lowest BCUT2D eigenvalue weighted by Gasteiger charge is -2.17. The fraction of sp³-hybridized carbons (Fsp3) is 0.455. The molecule has 4 heteroatoms. The van der Waals surface area contributed by atoms with Crippen LogP contribution in [0.5, 0.6) is 0 Å². The maximum absolute atomic E-state index is 11.3. The zero-order chi connectivity index (χ0) is 11.5. The van der Waals surface area contributed by atoms with Crippen LogP contribution in [0.4, 0.5) is 0 Å². The summed E-state index contributed by atoms with van der Waals surface area (Å²) in [5, 5.41) is 0.179. The Balaban J connectivity index is 3.23. The minimum atomic E-state index is -4.14. The predicted molar refractivity (Wildman–Crippen MR) is 61.4 cm³/mol. The molecule has 0 saturated carbocycles. The van der Waals surface area contributed by atoms with Gasteiger partial charge in [-0.3, -0.25) is 4.57 Å². The highest BCUT2D eigenvalue weighted by atomic mass is 31.2. The van der Waals surface area contributed by atoms with Crippen molar-refractivity contribution in [2.24, 2.45) is 0 Å². The average Bonchev–Trinajstić information content (AvgIpc) is 2.19. The van der Waals surface area contributed by atoms with Crippen molar-refractivity contribution in [3.8, 4) is 0 Å². The number of hydrogen-bond acceptors (Lipinski definition) is 1. The Kier molecular flexibility index (Phi) is 4.09. The van der Waals surface area contributed by atoms with Crippen molar-refractivity contribution in [2.75, 3.05) is 0 Å². The van der Waals surface area contributed by atoms with E-state index in [2.05, 4.69) is 0 Å². The summed E-state index contributed by atoms with van der Waals surface area (Å²) in [5.41, 5.74) is 0.788. The minimum Gasteiger partial charge on any atom is -0.321 e. The van der Waals surface area contributed by atoms with Crippen LogP contribution in [0, 0.1) is 0 Å². The fourth-order valence-corrected chi connectivity index (χ4v) is 2.70. The molecule has 0 saturated heterocycles. The second kappa shape index (κ2) is 4.93. The van der Waals surface area contributed by atoms with Gasteiger partial charge in [-0.1, -0.05) is 32.0 Å². The van der Waals surface area contributed by atoms with Gasteiger partial charge in [0, 0.05) is 0 Å². The van der Waals surface area contributed by atoms with E-state index in [1.807, 2.05) is 26.0 Å². The molecular formula is C11H17O3P. The topological polar surface area (TPSA) is 57.5 Å². The van der Waals surface area contributed by atoms with Crippen molar-refractivity contribution < 1.29 is 14.4 Å². The Hall–Kier alpha value is -0.630. The lowest BCUT2D eigenvalue weighted by molar-refractivity contribution is 0.386. The molecule has 0 aliphatic heterocycles. The molecule has 0 bridgehead atoms. The zero-order valence-corrected chi connectivity index (χ0v) is 9.95. The van der Waals surface area contributed by atoms with Crippen LogP contribution in [0.2, 0.25) is 0 Å². The van der Waals surface area contributed by atoms with Gasteiger partial charge in [0.05, 0.1) is 5.30 Å². The molecule has 1 aromatic rings. The summed E-state index contributed by atoms with van der Waals surface area (Å²) in [6, 6.07) is 6.83. The van der Waals surface area contributed by atoms with Gasteiger partial charge >= 0.3 is 7.60 Å². The molecule has 0 unspecified atom stereocenters. The van der Waals surface area contributed by atoms with Crippen molar-refractivity contribution >= 4 is 12.9 Å². The van der Waals surface area contributed by atoms with E-state index in [4.69, 9.17) is 0 Å². The van der Waals surface area contributed by atoms with Gasteiger partial charge in [0.25, 0.3) is 0 Å². The third-order valence-electron chi connectivity index (χ3n) is 2.68. The number of hydrogen-bond donors (Lipinski definition) is 2. The first kappa shape index (κ1) is 12.4. The maximum atomic E-state index is 11.3. The number of benzene rings is 1. The molecule has 0 heterocycles. The van der Waals surface area contributed by atoms with E-state index in [9.17, 15) is 14.4 Å². The Morgan fingerprint density at radius 1 is 1.20 bits per heavy atom. The van der Waals surface area contributed by atoms with Gasteiger partial charge in [-0.2, -0.15) is 0 Å². The SMILES string of the molecule is CCC(CC)c1ccccc1P(=O)(O)O. The molecule has 0 aliphatic rings.